The van der Waals surface area contributed by atoms with E-state index in [-0.39, 0.29) is 23.8 Å². The minimum absolute atomic E-state index is 0.0599. The summed E-state index contributed by atoms with van der Waals surface area (Å²) in [5, 5.41) is 16.9. The van der Waals surface area contributed by atoms with Gasteiger partial charge in [0, 0.05) is 36.0 Å². The molecule has 3 saturated heterocycles. The predicted molar refractivity (Wildman–Crippen MR) is 161 cm³/mol. The summed E-state index contributed by atoms with van der Waals surface area (Å²) in [6, 6.07) is 4.57. The molecule has 5 heterocycles. The van der Waals surface area contributed by atoms with Gasteiger partial charge in [0.05, 0.1) is 5.92 Å². The van der Waals surface area contributed by atoms with E-state index in [9.17, 15) is 19.5 Å². The van der Waals surface area contributed by atoms with Gasteiger partial charge in [-0.2, -0.15) is 0 Å². The Bertz CT molecular complexity index is 1570. The molecule has 0 unspecified atom stereocenters. The van der Waals surface area contributed by atoms with E-state index in [4.69, 9.17) is 16.3 Å². The van der Waals surface area contributed by atoms with E-state index in [1.807, 2.05) is 39.1 Å². The van der Waals surface area contributed by atoms with Crippen LogP contribution in [-0.4, -0.2) is 92.4 Å². The Balaban J connectivity index is 1.25. The van der Waals surface area contributed by atoms with Crippen LogP contribution in [0.25, 0.3) is 16.5 Å². The summed E-state index contributed by atoms with van der Waals surface area (Å²) in [6.45, 7) is 8.51. The zero-order chi connectivity index (χ0) is 30.6. The maximum Gasteiger partial charge on any atom is 0.281 e. The number of benzene rings is 1. The highest BCUT2D eigenvalue weighted by molar-refractivity contribution is 6.32. The first-order chi connectivity index (χ1) is 20.4. The zero-order valence-electron chi connectivity index (χ0n) is 25.3. The van der Waals surface area contributed by atoms with E-state index < -0.39 is 41.5 Å². The molecule has 0 bridgehead atoms. The summed E-state index contributed by atoms with van der Waals surface area (Å²) in [6.07, 6.45) is 4.36. The third-order valence-corrected chi connectivity index (χ3v) is 10.6. The first-order valence-corrected chi connectivity index (χ1v) is 15.8. The van der Waals surface area contributed by atoms with Crippen LogP contribution in [0.4, 0.5) is 0 Å². The monoisotopic (exact) mass is 609 g/mol. The molecule has 0 saturated carbocycles. The summed E-state index contributed by atoms with van der Waals surface area (Å²) in [7, 11) is 2.00. The fourth-order valence-corrected chi connectivity index (χ4v) is 8.42. The number of ether oxygens (including phenoxy) is 1. The van der Waals surface area contributed by atoms with Gasteiger partial charge in [0.2, 0.25) is 17.5 Å². The average Bonchev–Trinajstić information content (AvgIpc) is 3.63. The van der Waals surface area contributed by atoms with Crippen molar-refractivity contribution in [2.24, 2.45) is 17.8 Å². The molecule has 5 aliphatic rings. The highest BCUT2D eigenvalue weighted by Crippen LogP contribution is 2.49. The second-order valence-electron chi connectivity index (χ2n) is 13.7. The topological polar surface area (TPSA) is 118 Å². The van der Waals surface area contributed by atoms with Gasteiger partial charge < -0.3 is 20.3 Å². The molecular formula is C32H40ClN5O5. The lowest BCUT2D eigenvalue weighted by Crippen LogP contribution is -2.71. The van der Waals surface area contributed by atoms with Crippen molar-refractivity contribution < 1.29 is 24.2 Å². The zero-order valence-corrected chi connectivity index (χ0v) is 26.1. The minimum Gasteiger partial charge on any atom is -0.347 e. The van der Waals surface area contributed by atoms with Gasteiger partial charge in [0.1, 0.15) is 17.2 Å². The Morgan fingerprint density at radius 2 is 2.02 bits per heavy atom. The number of nitrogens with one attached hydrogen (secondary N) is 2. The van der Waals surface area contributed by atoms with E-state index in [0.29, 0.717) is 37.5 Å². The van der Waals surface area contributed by atoms with Crippen molar-refractivity contribution >= 4 is 45.8 Å². The summed E-state index contributed by atoms with van der Waals surface area (Å²) >= 11 is 6.58. The number of piperazine rings is 1. The Morgan fingerprint density at radius 1 is 1.26 bits per heavy atom. The molecule has 1 aliphatic carbocycles. The number of carbonyl (C=O) groups excluding carboxylic acids is 3. The summed E-state index contributed by atoms with van der Waals surface area (Å²) < 4.78 is 6.43. The number of likely N-dealkylation sites (N-methyl/N-ethyl adjacent to an activating group) is 1. The maximum absolute atomic E-state index is 14.4. The molecule has 1 aromatic heterocycles. The summed E-state index contributed by atoms with van der Waals surface area (Å²) in [5.74, 6) is -4.09. The van der Waals surface area contributed by atoms with E-state index in [1.165, 1.54) is 4.90 Å². The number of H-pyrrole nitrogens is 1. The summed E-state index contributed by atoms with van der Waals surface area (Å²) in [5.41, 5.74) is 2.34. The van der Waals surface area contributed by atoms with Crippen LogP contribution in [0.5, 0.6) is 0 Å². The third-order valence-electron chi connectivity index (χ3n) is 10.3. The van der Waals surface area contributed by atoms with Crippen LogP contribution in [-0.2, 0) is 25.5 Å². The third kappa shape index (κ3) is 3.99. The first-order valence-electron chi connectivity index (χ1n) is 15.5. The smallest absolute Gasteiger partial charge is 0.281 e. The van der Waals surface area contributed by atoms with Crippen LogP contribution in [0.1, 0.15) is 58.1 Å². The van der Waals surface area contributed by atoms with Crippen molar-refractivity contribution in [3.05, 3.63) is 40.6 Å². The molecule has 43 heavy (non-hydrogen) atoms. The molecule has 0 radical (unpaired) electrons. The van der Waals surface area contributed by atoms with Crippen molar-refractivity contribution in [3.8, 4) is 0 Å². The molecule has 10 nitrogen and oxygen atoms in total. The first kappa shape index (κ1) is 28.8. The van der Waals surface area contributed by atoms with Crippen molar-refractivity contribution in [2.45, 2.75) is 83.1 Å². The second-order valence-corrected chi connectivity index (χ2v) is 14.1. The molecule has 1 aromatic carbocycles. The molecule has 7 rings (SSSR count). The number of hydrogen-bond donors (Lipinski definition) is 3. The van der Waals surface area contributed by atoms with Crippen molar-refractivity contribution in [1.29, 1.82) is 0 Å². The van der Waals surface area contributed by atoms with Crippen LogP contribution >= 0.6 is 11.6 Å². The number of aliphatic hydroxyl groups is 1. The number of amides is 3. The summed E-state index contributed by atoms with van der Waals surface area (Å²) in [4.78, 5) is 50.6. The lowest BCUT2D eigenvalue weighted by molar-refractivity contribution is -0.322. The molecule has 0 spiro atoms. The van der Waals surface area contributed by atoms with Gasteiger partial charge in [-0.05, 0) is 61.4 Å². The molecular weight excluding hydrogens is 570 g/mol. The quantitative estimate of drug-likeness (QED) is 0.480. The average molecular weight is 610 g/mol. The van der Waals surface area contributed by atoms with Gasteiger partial charge in [-0.1, -0.05) is 57.5 Å². The van der Waals surface area contributed by atoms with E-state index >= 15 is 0 Å². The van der Waals surface area contributed by atoms with E-state index in [0.717, 1.165) is 34.0 Å². The van der Waals surface area contributed by atoms with Crippen LogP contribution in [0.3, 0.4) is 0 Å². The second kappa shape index (κ2) is 9.79. The number of hydrogen-bond acceptors (Lipinski definition) is 6. The van der Waals surface area contributed by atoms with Crippen LogP contribution in [0, 0.1) is 17.8 Å². The van der Waals surface area contributed by atoms with Gasteiger partial charge >= 0.3 is 0 Å². The molecule has 3 fully saturated rings. The number of fused-ring (bicyclic) bond motifs is 5. The van der Waals surface area contributed by atoms with Crippen molar-refractivity contribution in [1.82, 2.24) is 25.0 Å². The maximum atomic E-state index is 14.4. The number of aromatic amines is 1. The number of nitrogens with zero attached hydrogens (tertiary/aromatic N) is 3. The molecule has 11 heteroatoms. The van der Waals surface area contributed by atoms with Crippen LogP contribution in [0.2, 0.25) is 5.15 Å². The Labute approximate surface area is 256 Å². The van der Waals surface area contributed by atoms with E-state index in [2.05, 4.69) is 21.3 Å². The molecule has 4 aliphatic heterocycles. The van der Waals surface area contributed by atoms with Gasteiger partial charge in [-0.25, -0.2) is 0 Å². The fraction of sp³-hybridized carbons (Fsp3) is 0.594. The van der Waals surface area contributed by atoms with Crippen LogP contribution in [0.15, 0.2) is 24.3 Å². The van der Waals surface area contributed by atoms with E-state index in [1.54, 1.807) is 18.7 Å². The molecule has 230 valence electrons. The van der Waals surface area contributed by atoms with Gasteiger partial charge in [-0.15, -0.1) is 0 Å². The lowest BCUT2D eigenvalue weighted by Gasteiger charge is -2.49. The fourth-order valence-electron chi connectivity index (χ4n) is 8.15. The highest BCUT2D eigenvalue weighted by atomic mass is 35.5. The molecule has 6 atom stereocenters. The number of rotatable bonds is 5. The Kier molecular flexibility index (Phi) is 6.56. The molecule has 2 aromatic rings. The van der Waals surface area contributed by atoms with Gasteiger partial charge in [0.25, 0.3) is 11.8 Å². The Morgan fingerprint density at radius 3 is 2.74 bits per heavy atom. The number of carbonyl (C=O) groups is 3. The standard InChI is InChI=1S/C32H40ClN5O5/c1-16(2)12-24-29(40)37-11-7-10-25(37)32(42)38(24)30(41)31(43-32,17(3)4)35-28(39)18-13-20-19-8-6-9-22-26(19)21(27(33)34-22)14-23(20)36(5)15-18/h6,8-9,13,16-18,23-25,34,42H,7,10-12,14-15H2,1-5H3,(H,35,39)/t18-,23-,24+,25+,31-,32+/m0/s1. The minimum atomic E-state index is -2.02. The molecule has 3 amide bonds. The van der Waals surface area contributed by atoms with Crippen molar-refractivity contribution in [2.75, 3.05) is 20.1 Å². The molecule has 3 N–H and O–H groups in total. The van der Waals surface area contributed by atoms with Gasteiger partial charge in [0.15, 0.2) is 0 Å². The Hall–Kier alpha value is -2.92. The SMILES string of the molecule is CC(C)C[C@@H]1C(=O)N2CCC[C@@H]2[C@@]2(O)O[C@@](NC(=O)[C@H]3C=C4c5cccc6[nH]c(Cl)c(c56)C[C@@H]4N(C)C3)(C(C)C)C(=O)N12. The largest absolute Gasteiger partial charge is 0.347 e. The van der Waals surface area contributed by atoms with Crippen LogP contribution < -0.4 is 5.32 Å². The van der Waals surface area contributed by atoms with Crippen molar-refractivity contribution in [3.63, 3.8) is 0 Å². The lowest BCUT2D eigenvalue weighted by atomic mass is 9.79. The number of aromatic nitrogens is 1. The van der Waals surface area contributed by atoms with Gasteiger partial charge in [-0.3, -0.25) is 28.9 Å². The predicted octanol–water partition coefficient (Wildman–Crippen LogP) is 3.08. The highest BCUT2D eigenvalue weighted by Gasteiger charge is 2.72. The number of halogens is 1. The normalized spacial score (nSPS) is 33.7.